The summed E-state index contributed by atoms with van der Waals surface area (Å²) in [6.45, 7) is 1.81. The largest absolute Gasteiger partial charge is 0.367 e. The molecule has 2 aromatic carbocycles. The van der Waals surface area contributed by atoms with Crippen LogP contribution in [0.5, 0.6) is 0 Å². The van der Waals surface area contributed by atoms with Gasteiger partial charge in [-0.15, -0.1) is 5.10 Å². The maximum Gasteiger partial charge on any atom is 0.367 e. The molecule has 0 aliphatic rings. The number of Topliss-reactive ketones (excluding diaryl/α,β-unsaturated/α-hetero) is 1. The molecule has 0 radical (unpaired) electrons. The van der Waals surface area contributed by atoms with Crippen LogP contribution in [-0.2, 0) is 6.54 Å². The molecule has 0 spiro atoms. The number of carbonyl (C=O) groups is 1. The fourth-order valence-corrected chi connectivity index (χ4v) is 2.88. The van der Waals surface area contributed by atoms with Gasteiger partial charge in [-0.25, -0.2) is 9.48 Å². The van der Waals surface area contributed by atoms with Crippen molar-refractivity contribution in [1.29, 1.82) is 0 Å². The normalized spacial score (nSPS) is 11.0. The standard InChI is InChI=1S/C20H15ClN4O2/c1-13-2-4-15(5-3-13)18(26)12-24-20(27)25-19(23-24)11-10-17(22-25)14-6-8-16(21)9-7-14/h2-11H,12H2,1H3. The predicted octanol–water partition coefficient (Wildman–Crippen LogP) is 3.40. The summed E-state index contributed by atoms with van der Waals surface area (Å²) in [5.74, 6) is -0.182. The average molecular weight is 379 g/mol. The zero-order valence-corrected chi connectivity index (χ0v) is 15.2. The van der Waals surface area contributed by atoms with Gasteiger partial charge in [-0.1, -0.05) is 53.6 Å². The summed E-state index contributed by atoms with van der Waals surface area (Å²) in [4.78, 5) is 25.0. The summed E-state index contributed by atoms with van der Waals surface area (Å²) in [5.41, 5.74) is 2.98. The van der Waals surface area contributed by atoms with E-state index in [0.717, 1.165) is 15.8 Å². The van der Waals surface area contributed by atoms with Crippen molar-refractivity contribution in [3.05, 3.63) is 87.3 Å². The summed E-state index contributed by atoms with van der Waals surface area (Å²) < 4.78 is 2.34. The summed E-state index contributed by atoms with van der Waals surface area (Å²) in [7, 11) is 0. The fourth-order valence-electron chi connectivity index (χ4n) is 2.75. The van der Waals surface area contributed by atoms with Crippen molar-refractivity contribution in [1.82, 2.24) is 19.4 Å². The molecule has 27 heavy (non-hydrogen) atoms. The van der Waals surface area contributed by atoms with Gasteiger partial charge >= 0.3 is 5.69 Å². The molecule has 0 unspecified atom stereocenters. The average Bonchev–Trinajstić information content (AvgIpc) is 2.98. The smallest absolute Gasteiger partial charge is 0.292 e. The van der Waals surface area contributed by atoms with E-state index in [-0.39, 0.29) is 12.3 Å². The van der Waals surface area contributed by atoms with E-state index in [1.165, 1.54) is 4.52 Å². The summed E-state index contributed by atoms with van der Waals surface area (Å²) >= 11 is 5.91. The van der Waals surface area contributed by atoms with Crippen molar-refractivity contribution in [2.75, 3.05) is 0 Å². The number of benzene rings is 2. The number of rotatable bonds is 4. The first-order valence-electron chi connectivity index (χ1n) is 8.34. The first kappa shape index (κ1) is 17.2. The van der Waals surface area contributed by atoms with Crippen LogP contribution in [0, 0.1) is 6.92 Å². The van der Waals surface area contributed by atoms with Gasteiger partial charge in [0.05, 0.1) is 5.69 Å². The number of aromatic nitrogens is 4. The van der Waals surface area contributed by atoms with Crippen LogP contribution in [0.1, 0.15) is 15.9 Å². The summed E-state index contributed by atoms with van der Waals surface area (Å²) in [5, 5.41) is 9.18. The van der Waals surface area contributed by atoms with Crippen molar-refractivity contribution in [3.8, 4) is 11.3 Å². The Morgan fingerprint density at radius 1 is 0.963 bits per heavy atom. The second-order valence-corrected chi connectivity index (χ2v) is 6.66. The van der Waals surface area contributed by atoms with E-state index in [9.17, 15) is 9.59 Å². The SMILES string of the molecule is Cc1ccc(C(=O)Cn2nc3ccc(-c4ccc(Cl)cc4)nn3c2=O)cc1. The maximum atomic E-state index is 12.6. The Kier molecular flexibility index (Phi) is 4.33. The summed E-state index contributed by atoms with van der Waals surface area (Å²) in [6, 6.07) is 17.9. The number of fused-ring (bicyclic) bond motifs is 1. The highest BCUT2D eigenvalue weighted by atomic mass is 35.5. The molecule has 0 bridgehead atoms. The van der Waals surface area contributed by atoms with Crippen LogP contribution < -0.4 is 5.69 Å². The van der Waals surface area contributed by atoms with Crippen molar-refractivity contribution in [3.63, 3.8) is 0 Å². The van der Waals surface area contributed by atoms with Crippen LogP contribution in [0.2, 0.25) is 5.02 Å². The number of hydrogen-bond donors (Lipinski definition) is 0. The van der Waals surface area contributed by atoms with Gasteiger partial charge in [0.1, 0.15) is 6.54 Å². The lowest BCUT2D eigenvalue weighted by molar-refractivity contribution is 0.0966. The molecule has 0 atom stereocenters. The molecule has 2 heterocycles. The molecule has 2 aromatic heterocycles. The van der Waals surface area contributed by atoms with Crippen LogP contribution in [0.15, 0.2) is 65.5 Å². The van der Waals surface area contributed by atoms with E-state index in [0.29, 0.717) is 21.9 Å². The van der Waals surface area contributed by atoms with Gasteiger partial charge in [-0.05, 0) is 31.2 Å². The number of ketones is 1. The number of aryl methyl sites for hydroxylation is 1. The van der Waals surface area contributed by atoms with Crippen LogP contribution in [0.4, 0.5) is 0 Å². The minimum Gasteiger partial charge on any atom is -0.292 e. The highest BCUT2D eigenvalue weighted by Crippen LogP contribution is 2.19. The third-order valence-corrected chi connectivity index (χ3v) is 4.50. The van der Waals surface area contributed by atoms with Crippen LogP contribution >= 0.6 is 11.6 Å². The van der Waals surface area contributed by atoms with Crippen molar-refractivity contribution in [2.45, 2.75) is 13.5 Å². The topological polar surface area (TPSA) is 69.3 Å². The zero-order chi connectivity index (χ0) is 19.0. The monoisotopic (exact) mass is 378 g/mol. The van der Waals surface area contributed by atoms with Crippen LogP contribution in [-0.4, -0.2) is 25.2 Å². The van der Waals surface area contributed by atoms with Gasteiger partial charge < -0.3 is 0 Å². The molecule has 0 saturated carbocycles. The zero-order valence-electron chi connectivity index (χ0n) is 14.5. The Morgan fingerprint density at radius 3 is 2.37 bits per heavy atom. The van der Waals surface area contributed by atoms with Gasteiger partial charge in [0.25, 0.3) is 0 Å². The quantitative estimate of drug-likeness (QED) is 0.510. The predicted molar refractivity (Wildman–Crippen MR) is 103 cm³/mol. The Hall–Kier alpha value is -3.25. The molecular weight excluding hydrogens is 364 g/mol. The first-order valence-corrected chi connectivity index (χ1v) is 8.72. The van der Waals surface area contributed by atoms with Crippen molar-refractivity contribution < 1.29 is 4.79 Å². The molecule has 7 heteroatoms. The van der Waals surface area contributed by atoms with Crippen molar-refractivity contribution >= 4 is 23.0 Å². The molecule has 0 aliphatic heterocycles. The van der Waals surface area contributed by atoms with E-state index >= 15 is 0 Å². The van der Waals surface area contributed by atoms with Gasteiger partial charge in [-0.3, -0.25) is 4.79 Å². The number of nitrogens with zero attached hydrogens (tertiary/aromatic N) is 4. The fraction of sp³-hybridized carbons (Fsp3) is 0.100. The van der Waals surface area contributed by atoms with Gasteiger partial charge in [0.2, 0.25) is 0 Å². The number of hydrogen-bond acceptors (Lipinski definition) is 4. The van der Waals surface area contributed by atoms with Gasteiger partial charge in [-0.2, -0.15) is 9.61 Å². The van der Waals surface area contributed by atoms with Crippen molar-refractivity contribution in [2.24, 2.45) is 0 Å². The Balaban J connectivity index is 1.67. The molecule has 4 rings (SSSR count). The maximum absolute atomic E-state index is 12.6. The third kappa shape index (κ3) is 3.39. The molecule has 0 saturated heterocycles. The molecule has 0 aliphatic carbocycles. The summed E-state index contributed by atoms with van der Waals surface area (Å²) in [6.07, 6.45) is 0. The molecular formula is C20H15ClN4O2. The van der Waals surface area contributed by atoms with E-state index < -0.39 is 5.69 Å². The highest BCUT2D eigenvalue weighted by Gasteiger charge is 2.14. The van der Waals surface area contributed by atoms with Gasteiger partial charge in [0, 0.05) is 16.1 Å². The Labute approximate surface area is 159 Å². The Bertz CT molecular complexity index is 1190. The lowest BCUT2D eigenvalue weighted by Crippen LogP contribution is -2.26. The molecule has 0 N–H and O–H groups in total. The molecule has 0 amide bonds. The second kappa shape index (κ2) is 6.81. The van der Waals surface area contributed by atoms with Crippen LogP contribution in [0.25, 0.3) is 16.9 Å². The second-order valence-electron chi connectivity index (χ2n) is 6.22. The first-order chi connectivity index (χ1) is 13.0. The Morgan fingerprint density at radius 2 is 1.67 bits per heavy atom. The minimum absolute atomic E-state index is 0.137. The lowest BCUT2D eigenvalue weighted by Gasteiger charge is -2.01. The van der Waals surface area contributed by atoms with Gasteiger partial charge in [0.15, 0.2) is 11.4 Å². The molecule has 6 nitrogen and oxygen atoms in total. The van der Waals surface area contributed by atoms with E-state index in [1.807, 2.05) is 31.2 Å². The van der Waals surface area contributed by atoms with Crippen LogP contribution in [0.3, 0.4) is 0 Å². The minimum atomic E-state index is -0.457. The highest BCUT2D eigenvalue weighted by molar-refractivity contribution is 6.30. The van der Waals surface area contributed by atoms with E-state index in [2.05, 4.69) is 10.2 Å². The van der Waals surface area contributed by atoms with E-state index in [4.69, 9.17) is 11.6 Å². The lowest BCUT2D eigenvalue weighted by atomic mass is 10.1. The molecule has 4 aromatic rings. The number of halogens is 1. The number of carbonyl (C=O) groups excluding carboxylic acids is 1. The van der Waals surface area contributed by atoms with E-state index in [1.54, 1.807) is 36.4 Å². The molecule has 0 fully saturated rings. The molecule has 134 valence electrons. The third-order valence-electron chi connectivity index (χ3n) is 4.25.